The molecule has 5 heteroatoms. The Hall–Kier alpha value is -1.10. The highest BCUT2D eigenvalue weighted by Crippen LogP contribution is 2.33. The maximum atomic E-state index is 12.4. The fraction of sp³-hybridized carbons (Fsp3) is 0.882. The van der Waals surface area contributed by atoms with Gasteiger partial charge in [0.15, 0.2) is 0 Å². The van der Waals surface area contributed by atoms with Crippen molar-refractivity contribution in [3.8, 4) is 0 Å². The zero-order chi connectivity index (χ0) is 16.5. The van der Waals surface area contributed by atoms with E-state index in [4.69, 9.17) is 9.84 Å². The molecule has 1 aliphatic carbocycles. The van der Waals surface area contributed by atoms with Crippen molar-refractivity contribution in [3.05, 3.63) is 0 Å². The molecule has 5 nitrogen and oxygen atoms in total. The molecule has 1 saturated heterocycles. The lowest BCUT2D eigenvalue weighted by molar-refractivity contribution is -0.161. The van der Waals surface area contributed by atoms with Gasteiger partial charge in [0.2, 0.25) is 0 Å². The summed E-state index contributed by atoms with van der Waals surface area (Å²) < 4.78 is 5.77. The van der Waals surface area contributed by atoms with E-state index in [1.807, 2.05) is 0 Å². The first-order valence-electron chi connectivity index (χ1n) is 8.31. The largest absolute Gasteiger partial charge is 0.481 e. The van der Waals surface area contributed by atoms with Crippen LogP contribution in [0.1, 0.15) is 66.2 Å². The first-order valence-corrected chi connectivity index (χ1v) is 8.31. The zero-order valence-corrected chi connectivity index (χ0v) is 14.1. The Kier molecular flexibility index (Phi) is 4.85. The third-order valence-electron chi connectivity index (χ3n) is 4.85. The summed E-state index contributed by atoms with van der Waals surface area (Å²) >= 11 is 0. The number of aliphatic carboxylic acids is 1. The average molecular weight is 311 g/mol. The van der Waals surface area contributed by atoms with E-state index in [1.54, 1.807) is 0 Å². The van der Waals surface area contributed by atoms with E-state index >= 15 is 0 Å². The second kappa shape index (κ2) is 6.19. The summed E-state index contributed by atoms with van der Waals surface area (Å²) in [6, 6.07) is 0. The van der Waals surface area contributed by atoms with Gasteiger partial charge in [0.1, 0.15) is 6.10 Å². The minimum atomic E-state index is -0.742. The lowest BCUT2D eigenvalue weighted by atomic mass is 9.80. The Morgan fingerprint density at radius 2 is 1.41 bits per heavy atom. The Bertz CT molecular complexity index is 420. The van der Waals surface area contributed by atoms with E-state index in [1.165, 1.54) is 0 Å². The summed E-state index contributed by atoms with van der Waals surface area (Å²) in [6.07, 6.45) is 3.99. The quantitative estimate of drug-likeness (QED) is 0.784. The molecule has 1 heterocycles. The fourth-order valence-corrected chi connectivity index (χ4v) is 4.15. The fourth-order valence-electron chi connectivity index (χ4n) is 4.15. The molecule has 2 rings (SSSR count). The van der Waals surface area contributed by atoms with Gasteiger partial charge in [-0.2, -0.15) is 0 Å². The number of hydrogen-bond donors (Lipinski definition) is 2. The summed E-state index contributed by atoms with van der Waals surface area (Å²) in [7, 11) is 0. The predicted octanol–water partition coefficient (Wildman–Crippen LogP) is 2.73. The second-order valence-electron chi connectivity index (χ2n) is 8.25. The number of nitrogens with one attached hydrogen (secondary N) is 1. The summed E-state index contributed by atoms with van der Waals surface area (Å²) in [4.78, 5) is 23.3. The number of carbonyl (C=O) groups is 2. The van der Waals surface area contributed by atoms with Crippen LogP contribution in [0.15, 0.2) is 0 Å². The van der Waals surface area contributed by atoms with Gasteiger partial charge in [-0.3, -0.25) is 9.59 Å². The van der Waals surface area contributed by atoms with Gasteiger partial charge < -0.3 is 15.2 Å². The third kappa shape index (κ3) is 4.45. The molecular formula is C17H29NO4. The van der Waals surface area contributed by atoms with E-state index < -0.39 is 5.97 Å². The van der Waals surface area contributed by atoms with E-state index in [0.717, 1.165) is 12.8 Å². The van der Waals surface area contributed by atoms with Gasteiger partial charge in [0.25, 0.3) is 0 Å². The number of ether oxygens (including phenoxy) is 1. The summed E-state index contributed by atoms with van der Waals surface area (Å²) in [6.45, 7) is 8.53. The number of esters is 1. The molecule has 0 unspecified atom stereocenters. The van der Waals surface area contributed by atoms with Crippen LogP contribution in [-0.2, 0) is 14.3 Å². The number of carboxylic acid groups (broad SMARTS) is 1. The van der Waals surface area contributed by atoms with Crippen LogP contribution in [0.3, 0.4) is 0 Å². The molecule has 0 aromatic heterocycles. The number of carboxylic acids is 1. The molecule has 1 saturated carbocycles. The highest BCUT2D eigenvalue weighted by molar-refractivity contribution is 5.74. The molecule has 0 bridgehead atoms. The number of carbonyl (C=O) groups excluding carboxylic acids is 1. The summed E-state index contributed by atoms with van der Waals surface area (Å²) in [5.74, 6) is -1.30. The second-order valence-corrected chi connectivity index (χ2v) is 8.25. The van der Waals surface area contributed by atoms with Crippen molar-refractivity contribution >= 4 is 11.9 Å². The number of hydrogen-bond acceptors (Lipinski definition) is 4. The molecule has 1 aliphatic heterocycles. The van der Waals surface area contributed by atoms with Crippen molar-refractivity contribution in [2.75, 3.05) is 0 Å². The molecule has 22 heavy (non-hydrogen) atoms. The highest BCUT2D eigenvalue weighted by atomic mass is 16.5. The SMILES string of the molecule is CC1(C)CC(OC(=O)C2CCC(C(=O)O)CC2)CC(C)(C)N1. The minimum absolute atomic E-state index is 0.0480. The lowest BCUT2D eigenvalue weighted by Gasteiger charge is -2.46. The van der Waals surface area contributed by atoms with Crippen LogP contribution < -0.4 is 5.32 Å². The summed E-state index contributed by atoms with van der Waals surface area (Å²) in [5, 5.41) is 12.6. The van der Waals surface area contributed by atoms with Crippen molar-refractivity contribution < 1.29 is 19.4 Å². The Morgan fingerprint density at radius 3 is 1.86 bits per heavy atom. The first kappa shape index (κ1) is 17.3. The van der Waals surface area contributed by atoms with Crippen molar-refractivity contribution in [1.29, 1.82) is 0 Å². The van der Waals surface area contributed by atoms with E-state index in [0.29, 0.717) is 25.7 Å². The van der Waals surface area contributed by atoms with E-state index in [-0.39, 0.29) is 35.0 Å². The van der Waals surface area contributed by atoms with Crippen LogP contribution in [0.4, 0.5) is 0 Å². The smallest absolute Gasteiger partial charge is 0.309 e. The van der Waals surface area contributed by atoms with Gasteiger partial charge >= 0.3 is 11.9 Å². The van der Waals surface area contributed by atoms with Gasteiger partial charge in [-0.25, -0.2) is 0 Å². The number of piperidine rings is 1. The molecule has 2 fully saturated rings. The predicted molar refractivity (Wildman–Crippen MR) is 83.5 cm³/mol. The third-order valence-corrected chi connectivity index (χ3v) is 4.85. The molecule has 2 aliphatic rings. The van der Waals surface area contributed by atoms with Gasteiger partial charge in [-0.05, 0) is 53.4 Å². The van der Waals surface area contributed by atoms with Crippen LogP contribution in [0.2, 0.25) is 0 Å². The zero-order valence-electron chi connectivity index (χ0n) is 14.1. The van der Waals surface area contributed by atoms with Crippen LogP contribution >= 0.6 is 0 Å². The van der Waals surface area contributed by atoms with Crippen molar-refractivity contribution in [2.45, 2.75) is 83.4 Å². The maximum absolute atomic E-state index is 12.4. The van der Waals surface area contributed by atoms with Gasteiger partial charge in [-0.1, -0.05) is 0 Å². The standard InChI is InChI=1S/C17H29NO4/c1-16(2)9-13(10-17(3,4)18-16)22-15(21)12-7-5-11(6-8-12)14(19)20/h11-13,18H,5-10H2,1-4H3,(H,19,20). The molecule has 0 aromatic rings. The van der Waals surface area contributed by atoms with Crippen molar-refractivity contribution in [2.24, 2.45) is 11.8 Å². The topological polar surface area (TPSA) is 75.6 Å². The number of rotatable bonds is 3. The highest BCUT2D eigenvalue weighted by Gasteiger charge is 2.40. The monoisotopic (exact) mass is 311 g/mol. The van der Waals surface area contributed by atoms with Gasteiger partial charge in [0.05, 0.1) is 11.8 Å². The molecule has 0 amide bonds. The van der Waals surface area contributed by atoms with Crippen LogP contribution in [0, 0.1) is 11.8 Å². The Morgan fingerprint density at radius 1 is 0.955 bits per heavy atom. The van der Waals surface area contributed by atoms with Gasteiger partial charge in [-0.15, -0.1) is 0 Å². The molecule has 0 spiro atoms. The Labute approximate surface area is 132 Å². The molecule has 126 valence electrons. The van der Waals surface area contributed by atoms with Crippen LogP contribution in [0.5, 0.6) is 0 Å². The lowest BCUT2D eigenvalue weighted by Crippen LogP contribution is -2.59. The van der Waals surface area contributed by atoms with Crippen LogP contribution in [-0.4, -0.2) is 34.2 Å². The summed E-state index contributed by atoms with van der Waals surface area (Å²) in [5.41, 5.74) is -0.0959. The molecule has 0 atom stereocenters. The first-order chi connectivity index (χ1) is 10.1. The molecule has 0 aromatic carbocycles. The van der Waals surface area contributed by atoms with Crippen molar-refractivity contribution in [1.82, 2.24) is 5.32 Å². The average Bonchev–Trinajstić information content (AvgIpc) is 2.34. The maximum Gasteiger partial charge on any atom is 0.309 e. The van der Waals surface area contributed by atoms with Crippen molar-refractivity contribution in [3.63, 3.8) is 0 Å². The normalized spacial score (nSPS) is 31.5. The molecular weight excluding hydrogens is 282 g/mol. The van der Waals surface area contributed by atoms with E-state index in [9.17, 15) is 9.59 Å². The van der Waals surface area contributed by atoms with E-state index in [2.05, 4.69) is 33.0 Å². The van der Waals surface area contributed by atoms with Gasteiger partial charge in [0, 0.05) is 23.9 Å². The molecule has 0 radical (unpaired) electrons. The minimum Gasteiger partial charge on any atom is -0.481 e. The Balaban J connectivity index is 1.88. The van der Waals surface area contributed by atoms with Crippen LogP contribution in [0.25, 0.3) is 0 Å². The molecule has 2 N–H and O–H groups in total.